The molecule has 30 heavy (non-hydrogen) atoms. The van der Waals surface area contributed by atoms with Crippen LogP contribution < -0.4 is 0 Å². The van der Waals surface area contributed by atoms with Crippen molar-refractivity contribution in [3.8, 4) is 0 Å². The molecule has 0 amide bonds. The summed E-state index contributed by atoms with van der Waals surface area (Å²) in [7, 11) is 0. The lowest BCUT2D eigenvalue weighted by Crippen LogP contribution is -2.52. The van der Waals surface area contributed by atoms with Crippen molar-refractivity contribution in [3.63, 3.8) is 0 Å². The van der Waals surface area contributed by atoms with Crippen LogP contribution in [0.3, 0.4) is 0 Å². The van der Waals surface area contributed by atoms with Gasteiger partial charge in [0.2, 0.25) is 0 Å². The van der Waals surface area contributed by atoms with Crippen molar-refractivity contribution >= 4 is 0 Å². The summed E-state index contributed by atoms with van der Waals surface area (Å²) in [6.07, 6.45) is 22.7. The Labute approximate surface area is 188 Å². The summed E-state index contributed by atoms with van der Waals surface area (Å²) in [4.78, 5) is 0. The second kappa shape index (κ2) is 9.84. The first-order valence-corrected chi connectivity index (χ1v) is 14.2. The zero-order chi connectivity index (χ0) is 21.2. The van der Waals surface area contributed by atoms with E-state index in [0.29, 0.717) is 10.8 Å². The maximum atomic E-state index is 5.56. The van der Waals surface area contributed by atoms with Crippen molar-refractivity contribution < 1.29 is 4.74 Å². The topological polar surface area (TPSA) is 9.23 Å². The lowest BCUT2D eigenvalue weighted by atomic mass is 9.45. The van der Waals surface area contributed by atoms with Crippen molar-refractivity contribution in [1.82, 2.24) is 0 Å². The van der Waals surface area contributed by atoms with Crippen LogP contribution in [0.2, 0.25) is 0 Å². The van der Waals surface area contributed by atoms with Gasteiger partial charge in [0.1, 0.15) is 0 Å². The fourth-order valence-electron chi connectivity index (χ4n) is 9.57. The molecule has 0 aromatic rings. The largest absolute Gasteiger partial charge is 0.381 e. The van der Waals surface area contributed by atoms with Crippen LogP contribution in [0.5, 0.6) is 0 Å². The van der Waals surface area contributed by atoms with Gasteiger partial charge in [-0.25, -0.2) is 0 Å². The molecule has 0 radical (unpaired) electrons. The maximum Gasteiger partial charge on any atom is 0.0468 e. The van der Waals surface area contributed by atoms with Crippen LogP contribution in [0.15, 0.2) is 0 Å². The van der Waals surface area contributed by atoms with E-state index in [4.69, 9.17) is 4.74 Å². The van der Waals surface area contributed by atoms with E-state index in [2.05, 4.69) is 13.8 Å². The summed E-state index contributed by atoms with van der Waals surface area (Å²) in [5.74, 6) is 6.30. The molecular formula is C29H52O. The summed E-state index contributed by atoms with van der Waals surface area (Å²) in [6.45, 7) is 11.5. The minimum atomic E-state index is 0.689. The number of fused-ring (bicyclic) bond motifs is 5. The Morgan fingerprint density at radius 2 is 1.47 bits per heavy atom. The predicted molar refractivity (Wildman–Crippen MR) is 129 cm³/mol. The number of rotatable bonds is 4. The van der Waals surface area contributed by atoms with Crippen LogP contribution in [0.1, 0.15) is 124 Å². The molecule has 1 heterocycles. The van der Waals surface area contributed by atoms with Gasteiger partial charge < -0.3 is 4.74 Å². The Balaban J connectivity index is 0.00000106. The summed E-state index contributed by atoms with van der Waals surface area (Å²) in [5.41, 5.74) is 1.40. The quantitative estimate of drug-likeness (QED) is 0.445. The molecule has 0 bridgehead atoms. The molecule has 7 atom stereocenters. The lowest BCUT2D eigenvalue weighted by molar-refractivity contribution is -0.111. The highest BCUT2D eigenvalue weighted by Gasteiger charge is 2.59. The summed E-state index contributed by atoms with van der Waals surface area (Å²) in [6, 6.07) is 0. The molecule has 5 fully saturated rings. The second-order valence-electron chi connectivity index (χ2n) is 12.2. The zero-order valence-corrected chi connectivity index (χ0v) is 20.9. The first-order valence-electron chi connectivity index (χ1n) is 14.2. The van der Waals surface area contributed by atoms with Crippen LogP contribution >= 0.6 is 0 Å². The van der Waals surface area contributed by atoms with E-state index in [0.717, 1.165) is 48.7 Å². The van der Waals surface area contributed by atoms with E-state index < -0.39 is 0 Å². The Kier molecular flexibility index (Phi) is 7.59. The van der Waals surface area contributed by atoms with E-state index in [-0.39, 0.29) is 0 Å². The Morgan fingerprint density at radius 3 is 2.27 bits per heavy atom. The summed E-state index contributed by atoms with van der Waals surface area (Å²) >= 11 is 0. The van der Waals surface area contributed by atoms with Gasteiger partial charge in [-0.15, -0.1) is 0 Å². The fourth-order valence-corrected chi connectivity index (χ4v) is 9.57. The molecule has 4 aliphatic carbocycles. The van der Waals surface area contributed by atoms with E-state index in [1.165, 1.54) is 44.9 Å². The van der Waals surface area contributed by atoms with Crippen molar-refractivity contribution in [2.45, 2.75) is 124 Å². The Bertz CT molecular complexity index is 536. The predicted octanol–water partition coefficient (Wildman–Crippen LogP) is 8.66. The van der Waals surface area contributed by atoms with Gasteiger partial charge in [-0.2, -0.15) is 0 Å². The molecule has 0 aromatic carbocycles. The number of hydrogen-bond donors (Lipinski definition) is 0. The van der Waals surface area contributed by atoms with E-state index >= 15 is 0 Å². The highest BCUT2D eigenvalue weighted by molar-refractivity contribution is 5.08. The Morgan fingerprint density at radius 1 is 0.700 bits per heavy atom. The smallest absolute Gasteiger partial charge is 0.0468 e. The zero-order valence-electron chi connectivity index (χ0n) is 20.9. The average molecular weight is 417 g/mol. The molecule has 174 valence electrons. The minimum Gasteiger partial charge on any atom is -0.381 e. The molecule has 1 aliphatic heterocycles. The van der Waals surface area contributed by atoms with Gasteiger partial charge in [0.25, 0.3) is 0 Å². The number of ether oxygens (including phenoxy) is 1. The van der Waals surface area contributed by atoms with Crippen LogP contribution in [-0.4, -0.2) is 13.2 Å². The summed E-state index contributed by atoms with van der Waals surface area (Å²) in [5, 5.41) is 0. The highest BCUT2D eigenvalue weighted by atomic mass is 16.5. The van der Waals surface area contributed by atoms with E-state index in [9.17, 15) is 0 Å². The fraction of sp³-hybridized carbons (Fsp3) is 1.00. The Hall–Kier alpha value is -0.0400. The van der Waals surface area contributed by atoms with Crippen molar-refractivity contribution in [2.24, 2.45) is 46.3 Å². The van der Waals surface area contributed by atoms with E-state index in [1.807, 2.05) is 13.8 Å². The maximum absolute atomic E-state index is 5.56. The third-order valence-electron chi connectivity index (χ3n) is 11.3. The molecule has 0 N–H and O–H groups in total. The van der Waals surface area contributed by atoms with Crippen LogP contribution in [-0.2, 0) is 4.74 Å². The average Bonchev–Trinajstić information content (AvgIpc) is 3.12. The molecular weight excluding hydrogens is 364 g/mol. The lowest BCUT2D eigenvalue weighted by Gasteiger charge is -2.60. The number of hydrogen-bond acceptors (Lipinski definition) is 1. The van der Waals surface area contributed by atoms with Gasteiger partial charge in [0, 0.05) is 13.2 Å². The SMILES string of the molecule is CC.CC12CCCCC1CC[C@@H]1C2CCC2(C)C(CCCC3CCOCC3)CCC12. The molecule has 5 aliphatic rings. The van der Waals surface area contributed by atoms with E-state index in [1.54, 1.807) is 51.4 Å². The van der Waals surface area contributed by atoms with Gasteiger partial charge in [0.15, 0.2) is 0 Å². The minimum absolute atomic E-state index is 0.689. The molecule has 0 aromatic heterocycles. The second-order valence-corrected chi connectivity index (χ2v) is 12.2. The monoisotopic (exact) mass is 416 g/mol. The molecule has 6 unspecified atom stereocenters. The van der Waals surface area contributed by atoms with Crippen molar-refractivity contribution in [3.05, 3.63) is 0 Å². The first-order chi connectivity index (χ1) is 14.6. The van der Waals surface area contributed by atoms with Gasteiger partial charge in [-0.05, 0) is 117 Å². The van der Waals surface area contributed by atoms with Gasteiger partial charge in [0.05, 0.1) is 0 Å². The van der Waals surface area contributed by atoms with Crippen LogP contribution in [0.25, 0.3) is 0 Å². The molecule has 1 saturated heterocycles. The highest BCUT2D eigenvalue weighted by Crippen LogP contribution is 2.67. The summed E-state index contributed by atoms with van der Waals surface area (Å²) < 4.78 is 5.56. The van der Waals surface area contributed by atoms with Crippen molar-refractivity contribution in [2.75, 3.05) is 13.2 Å². The molecule has 0 spiro atoms. The first kappa shape index (κ1) is 23.1. The van der Waals surface area contributed by atoms with Crippen molar-refractivity contribution in [1.29, 1.82) is 0 Å². The van der Waals surface area contributed by atoms with Crippen LogP contribution in [0, 0.1) is 46.3 Å². The standard InChI is InChI=1S/C27H46O.C2H6/c1-26-16-4-3-7-21(26)9-11-23-24-12-10-22(27(24,2)17-13-25(23)26)8-5-6-20-14-18-28-19-15-20;1-2/h20-25H,3-19H2,1-2H3;1-2H3/t21?,22?,23-,24?,25?,26?,27?;/m0./s1. The molecule has 1 nitrogen and oxygen atoms in total. The van der Waals surface area contributed by atoms with Gasteiger partial charge >= 0.3 is 0 Å². The van der Waals surface area contributed by atoms with Crippen LogP contribution in [0.4, 0.5) is 0 Å². The third kappa shape index (κ3) is 4.15. The van der Waals surface area contributed by atoms with Gasteiger partial charge in [-0.3, -0.25) is 0 Å². The van der Waals surface area contributed by atoms with Gasteiger partial charge in [-0.1, -0.05) is 53.4 Å². The molecule has 1 heteroatoms. The third-order valence-corrected chi connectivity index (χ3v) is 11.3. The molecule has 5 rings (SSSR count). The molecule has 4 saturated carbocycles. The normalized spacial score (nSPS) is 46.2.